The number of nitrogen functional groups attached to an aromatic ring is 1. The molecule has 0 radical (unpaired) electrons. The molecule has 0 aliphatic carbocycles. The minimum absolute atomic E-state index is 0.120. The molecule has 0 bridgehead atoms. The summed E-state index contributed by atoms with van der Waals surface area (Å²) in [5, 5.41) is 14.4. The van der Waals surface area contributed by atoms with Crippen LogP contribution in [0.4, 0.5) is 5.82 Å². The average molecular weight is 262 g/mol. The fraction of sp³-hybridized carbons (Fsp3) is 0.538. The fourth-order valence-electron chi connectivity index (χ4n) is 2.71. The summed E-state index contributed by atoms with van der Waals surface area (Å²) in [5.41, 5.74) is 7.37. The first-order valence-corrected chi connectivity index (χ1v) is 6.62. The van der Waals surface area contributed by atoms with Gasteiger partial charge in [-0.2, -0.15) is 5.10 Å². The Hall–Kier alpha value is -1.66. The molecule has 1 aliphatic rings. The highest BCUT2D eigenvalue weighted by Crippen LogP contribution is 2.35. The monoisotopic (exact) mass is 262 g/mol. The minimum Gasteiger partial charge on any atom is -0.390 e. The van der Waals surface area contributed by atoms with Crippen LogP contribution in [0.2, 0.25) is 0 Å². The maximum absolute atomic E-state index is 10.2. The zero-order valence-electron chi connectivity index (χ0n) is 10.9. The van der Waals surface area contributed by atoms with E-state index in [0.29, 0.717) is 12.2 Å². The Kier molecular flexibility index (Phi) is 3.12. The van der Waals surface area contributed by atoms with Gasteiger partial charge in [-0.25, -0.2) is 9.50 Å². The van der Waals surface area contributed by atoms with Crippen molar-refractivity contribution in [3.8, 4) is 0 Å². The van der Waals surface area contributed by atoms with E-state index in [-0.39, 0.29) is 12.2 Å². The Labute approximate surface area is 111 Å². The highest BCUT2D eigenvalue weighted by molar-refractivity contribution is 5.65. The molecule has 1 saturated heterocycles. The molecule has 6 heteroatoms. The van der Waals surface area contributed by atoms with Gasteiger partial charge >= 0.3 is 0 Å². The van der Waals surface area contributed by atoms with Crippen LogP contribution in [0, 0.1) is 0 Å². The number of nitrogens with two attached hydrogens (primary N) is 1. The third-order valence-corrected chi connectivity index (χ3v) is 3.61. The van der Waals surface area contributed by atoms with Crippen LogP contribution in [0.1, 0.15) is 38.0 Å². The summed E-state index contributed by atoms with van der Waals surface area (Å²) in [6, 6.07) is 3.75. The number of aliphatic hydroxyl groups excluding tert-OH is 1. The zero-order chi connectivity index (χ0) is 13.4. The van der Waals surface area contributed by atoms with E-state index in [9.17, 15) is 5.11 Å². The summed E-state index contributed by atoms with van der Waals surface area (Å²) in [5.74, 6) is 0.429. The van der Waals surface area contributed by atoms with Crippen LogP contribution in [-0.2, 0) is 4.74 Å². The van der Waals surface area contributed by atoms with Crippen LogP contribution >= 0.6 is 0 Å². The number of hydrogen-bond donors (Lipinski definition) is 2. The number of hydrogen-bond acceptors (Lipinski definition) is 5. The maximum atomic E-state index is 10.2. The van der Waals surface area contributed by atoms with E-state index in [2.05, 4.69) is 17.0 Å². The van der Waals surface area contributed by atoms with Gasteiger partial charge in [0, 0.05) is 6.42 Å². The van der Waals surface area contributed by atoms with Gasteiger partial charge in [0.15, 0.2) is 5.82 Å². The molecule has 3 N–H and O–H groups in total. The summed E-state index contributed by atoms with van der Waals surface area (Å²) in [6.07, 6.45) is 3.39. The number of aliphatic hydroxyl groups is 1. The molecule has 1 fully saturated rings. The van der Waals surface area contributed by atoms with Gasteiger partial charge in [-0.05, 0) is 18.6 Å². The maximum Gasteiger partial charge on any atom is 0.151 e. The number of nitrogens with zero attached hydrogens (tertiary/aromatic N) is 3. The SMILES string of the molecule is CCCC1CC(O)C(c2ccc3c(N)ncnn23)O1. The van der Waals surface area contributed by atoms with E-state index >= 15 is 0 Å². The summed E-state index contributed by atoms with van der Waals surface area (Å²) < 4.78 is 7.63. The average Bonchev–Trinajstić information content (AvgIpc) is 2.94. The molecule has 6 nitrogen and oxygen atoms in total. The number of anilines is 1. The van der Waals surface area contributed by atoms with Crippen molar-refractivity contribution in [3.63, 3.8) is 0 Å². The Morgan fingerprint density at radius 1 is 1.53 bits per heavy atom. The standard InChI is InChI=1S/C13H18N4O2/c1-2-3-8-6-11(18)12(19-8)9-4-5-10-13(14)15-7-16-17(9)10/h4-5,7-8,11-12,18H,2-3,6H2,1H3,(H2,14,15,16). The van der Waals surface area contributed by atoms with Gasteiger partial charge in [0.05, 0.1) is 17.9 Å². The number of ether oxygens (including phenoxy) is 1. The molecular formula is C13H18N4O2. The first-order chi connectivity index (χ1) is 9.20. The molecule has 2 aromatic rings. The van der Waals surface area contributed by atoms with Crippen LogP contribution in [0.5, 0.6) is 0 Å². The van der Waals surface area contributed by atoms with Gasteiger partial charge < -0.3 is 15.6 Å². The third-order valence-electron chi connectivity index (χ3n) is 3.61. The first-order valence-electron chi connectivity index (χ1n) is 6.62. The predicted molar refractivity (Wildman–Crippen MR) is 70.5 cm³/mol. The summed E-state index contributed by atoms with van der Waals surface area (Å²) in [4.78, 5) is 3.95. The molecule has 0 saturated carbocycles. The lowest BCUT2D eigenvalue weighted by molar-refractivity contribution is 0.00277. The van der Waals surface area contributed by atoms with E-state index in [0.717, 1.165) is 24.1 Å². The normalized spacial score (nSPS) is 27.2. The number of aromatic nitrogens is 3. The molecule has 3 heterocycles. The first kappa shape index (κ1) is 12.4. The second kappa shape index (κ2) is 4.79. The van der Waals surface area contributed by atoms with Gasteiger partial charge in [0.25, 0.3) is 0 Å². The predicted octanol–water partition coefficient (Wildman–Crippen LogP) is 1.30. The Morgan fingerprint density at radius 3 is 3.16 bits per heavy atom. The topological polar surface area (TPSA) is 85.7 Å². The molecule has 3 rings (SSSR count). The largest absolute Gasteiger partial charge is 0.390 e. The van der Waals surface area contributed by atoms with Crippen LogP contribution in [0.15, 0.2) is 18.5 Å². The van der Waals surface area contributed by atoms with Crippen molar-refractivity contribution in [3.05, 3.63) is 24.2 Å². The number of rotatable bonds is 3. The van der Waals surface area contributed by atoms with E-state index in [1.165, 1.54) is 6.33 Å². The highest BCUT2D eigenvalue weighted by Gasteiger charge is 2.36. The van der Waals surface area contributed by atoms with Crippen molar-refractivity contribution in [1.29, 1.82) is 0 Å². The third kappa shape index (κ3) is 2.06. The summed E-state index contributed by atoms with van der Waals surface area (Å²) in [6.45, 7) is 2.11. The highest BCUT2D eigenvalue weighted by atomic mass is 16.5. The zero-order valence-corrected chi connectivity index (χ0v) is 10.9. The summed E-state index contributed by atoms with van der Waals surface area (Å²) >= 11 is 0. The van der Waals surface area contributed by atoms with E-state index in [1.807, 2.05) is 12.1 Å². The second-order valence-corrected chi connectivity index (χ2v) is 4.97. The van der Waals surface area contributed by atoms with Gasteiger partial charge in [0.2, 0.25) is 0 Å². The quantitative estimate of drug-likeness (QED) is 0.870. The molecule has 102 valence electrons. The minimum atomic E-state index is -0.495. The van der Waals surface area contributed by atoms with Gasteiger partial charge in [-0.3, -0.25) is 0 Å². The van der Waals surface area contributed by atoms with E-state index in [1.54, 1.807) is 4.52 Å². The van der Waals surface area contributed by atoms with Crippen LogP contribution in [-0.4, -0.2) is 31.9 Å². The Bertz CT molecular complexity index is 583. The lowest BCUT2D eigenvalue weighted by Gasteiger charge is -2.14. The molecule has 19 heavy (non-hydrogen) atoms. The molecule has 0 spiro atoms. The van der Waals surface area contributed by atoms with E-state index < -0.39 is 6.10 Å². The molecule has 0 aromatic carbocycles. The fourth-order valence-corrected chi connectivity index (χ4v) is 2.71. The van der Waals surface area contributed by atoms with Crippen molar-refractivity contribution < 1.29 is 9.84 Å². The van der Waals surface area contributed by atoms with Crippen LogP contribution < -0.4 is 5.73 Å². The number of fused-ring (bicyclic) bond motifs is 1. The van der Waals surface area contributed by atoms with Crippen molar-refractivity contribution in [1.82, 2.24) is 14.6 Å². The van der Waals surface area contributed by atoms with Gasteiger partial charge in [-0.15, -0.1) is 0 Å². The molecule has 0 amide bonds. The van der Waals surface area contributed by atoms with Crippen LogP contribution in [0.3, 0.4) is 0 Å². The van der Waals surface area contributed by atoms with Gasteiger partial charge in [0.1, 0.15) is 17.9 Å². The summed E-state index contributed by atoms with van der Waals surface area (Å²) in [7, 11) is 0. The van der Waals surface area contributed by atoms with Crippen LogP contribution in [0.25, 0.3) is 5.52 Å². The molecular weight excluding hydrogens is 244 g/mol. The second-order valence-electron chi connectivity index (χ2n) is 4.97. The van der Waals surface area contributed by atoms with Crippen molar-refractivity contribution in [2.45, 2.75) is 44.5 Å². The smallest absolute Gasteiger partial charge is 0.151 e. The molecule has 1 aliphatic heterocycles. The van der Waals surface area contributed by atoms with E-state index in [4.69, 9.17) is 10.5 Å². The van der Waals surface area contributed by atoms with Crippen molar-refractivity contribution in [2.75, 3.05) is 5.73 Å². The Balaban J connectivity index is 1.94. The Morgan fingerprint density at radius 2 is 2.37 bits per heavy atom. The molecule has 2 aromatic heterocycles. The van der Waals surface area contributed by atoms with Gasteiger partial charge in [-0.1, -0.05) is 13.3 Å². The molecule has 3 unspecified atom stereocenters. The molecule has 3 atom stereocenters. The van der Waals surface area contributed by atoms with Crippen molar-refractivity contribution in [2.24, 2.45) is 0 Å². The lowest BCUT2D eigenvalue weighted by Crippen LogP contribution is -2.15. The van der Waals surface area contributed by atoms with Crippen molar-refractivity contribution >= 4 is 11.3 Å². The lowest BCUT2D eigenvalue weighted by atomic mass is 10.1.